The number of aromatic nitrogens is 1. The summed E-state index contributed by atoms with van der Waals surface area (Å²) >= 11 is 8.10. The van der Waals surface area contributed by atoms with Crippen LogP contribution in [0, 0.1) is 5.82 Å². The fraction of sp³-hybridized carbons (Fsp3) is 0.0417. The van der Waals surface area contributed by atoms with Crippen LogP contribution in [0.2, 0.25) is 0 Å². The molecule has 0 radical (unpaired) electrons. The molecule has 4 aromatic rings. The average Bonchev–Trinajstić information content (AvgIpc) is 3.28. The van der Waals surface area contributed by atoms with E-state index in [1.165, 1.54) is 35.2 Å². The largest absolute Gasteiger partial charge is 0.332 e. The quantitative estimate of drug-likeness (QED) is 0.202. The van der Waals surface area contributed by atoms with Gasteiger partial charge >= 0.3 is 0 Å². The van der Waals surface area contributed by atoms with Crippen LogP contribution in [0.5, 0.6) is 0 Å². The highest BCUT2D eigenvalue weighted by molar-refractivity contribution is 8.00. The number of anilines is 3. The normalized spacial score (nSPS) is 10.5. The standard InChI is InChI=1S/C24H19FN4OS3/c25-17-8-6-16(7-9-17)21-14-33-24(28-21)29-22(30)15-32-20-12-10-19(11-13-20)27-23(31)26-18-4-2-1-3-5-18/h1-14H,15H2,(H2,26,27,31)(H,28,29,30). The number of benzene rings is 3. The Labute approximate surface area is 204 Å². The van der Waals surface area contributed by atoms with Crippen molar-refractivity contribution in [3.8, 4) is 11.3 Å². The van der Waals surface area contributed by atoms with E-state index in [0.717, 1.165) is 21.8 Å². The maximum absolute atomic E-state index is 13.1. The van der Waals surface area contributed by atoms with Crippen molar-refractivity contribution < 1.29 is 9.18 Å². The molecule has 166 valence electrons. The maximum Gasteiger partial charge on any atom is 0.236 e. The third-order valence-corrected chi connectivity index (χ3v) is 6.38. The molecule has 0 saturated heterocycles. The number of nitrogens with zero attached hydrogens (tertiary/aromatic N) is 1. The van der Waals surface area contributed by atoms with Gasteiger partial charge in [0.1, 0.15) is 5.82 Å². The molecule has 0 atom stereocenters. The Kier molecular flexibility index (Phi) is 7.66. The Morgan fingerprint density at radius 3 is 2.27 bits per heavy atom. The number of thiazole rings is 1. The summed E-state index contributed by atoms with van der Waals surface area (Å²) in [6.07, 6.45) is 0. The van der Waals surface area contributed by atoms with E-state index in [1.807, 2.05) is 60.0 Å². The second-order valence-corrected chi connectivity index (χ2v) is 9.17. The molecule has 3 N–H and O–H groups in total. The number of para-hydroxylation sites is 1. The van der Waals surface area contributed by atoms with Crippen LogP contribution in [0.15, 0.2) is 89.1 Å². The topological polar surface area (TPSA) is 66.1 Å². The lowest BCUT2D eigenvalue weighted by atomic mass is 10.2. The third-order valence-electron chi connectivity index (χ3n) is 4.40. The highest BCUT2D eigenvalue weighted by Crippen LogP contribution is 2.26. The number of thioether (sulfide) groups is 1. The van der Waals surface area contributed by atoms with Crippen LogP contribution in [0.1, 0.15) is 0 Å². The van der Waals surface area contributed by atoms with Crippen LogP contribution >= 0.6 is 35.3 Å². The fourth-order valence-electron chi connectivity index (χ4n) is 2.84. The van der Waals surface area contributed by atoms with E-state index in [4.69, 9.17) is 12.2 Å². The SMILES string of the molecule is O=C(CSc1ccc(NC(=S)Nc2ccccc2)cc1)Nc1nc(-c2ccc(F)cc2)cs1. The Hall–Kier alpha value is -3.27. The minimum atomic E-state index is -0.296. The molecule has 4 rings (SSSR count). The molecule has 1 aromatic heterocycles. The molecule has 5 nitrogen and oxygen atoms in total. The molecule has 0 saturated carbocycles. The molecule has 33 heavy (non-hydrogen) atoms. The van der Waals surface area contributed by atoms with Crippen molar-refractivity contribution in [2.75, 3.05) is 21.7 Å². The van der Waals surface area contributed by atoms with E-state index in [1.54, 1.807) is 12.1 Å². The smallest absolute Gasteiger partial charge is 0.236 e. The number of rotatable bonds is 7. The van der Waals surface area contributed by atoms with Gasteiger partial charge in [-0.2, -0.15) is 0 Å². The number of nitrogens with one attached hydrogen (secondary N) is 3. The van der Waals surface area contributed by atoms with Crippen LogP contribution in [-0.4, -0.2) is 21.8 Å². The zero-order valence-corrected chi connectivity index (χ0v) is 19.7. The first kappa shape index (κ1) is 22.9. The molecule has 0 fully saturated rings. The lowest BCUT2D eigenvalue weighted by molar-refractivity contribution is -0.113. The van der Waals surface area contributed by atoms with Gasteiger partial charge in [-0.15, -0.1) is 23.1 Å². The van der Waals surface area contributed by atoms with Crippen LogP contribution < -0.4 is 16.0 Å². The summed E-state index contributed by atoms with van der Waals surface area (Å²) in [6, 6.07) is 23.5. The molecule has 0 aliphatic carbocycles. The zero-order chi connectivity index (χ0) is 23.0. The summed E-state index contributed by atoms with van der Waals surface area (Å²) in [5.41, 5.74) is 3.27. The van der Waals surface area contributed by atoms with E-state index >= 15 is 0 Å². The summed E-state index contributed by atoms with van der Waals surface area (Å²) in [6.45, 7) is 0. The van der Waals surface area contributed by atoms with Gasteiger partial charge < -0.3 is 16.0 Å². The fourth-order valence-corrected chi connectivity index (χ4v) is 4.51. The van der Waals surface area contributed by atoms with Crippen molar-refractivity contribution in [2.24, 2.45) is 0 Å². The number of carbonyl (C=O) groups is 1. The van der Waals surface area contributed by atoms with Crippen LogP contribution in [-0.2, 0) is 4.79 Å². The molecule has 0 spiro atoms. The lowest BCUT2D eigenvalue weighted by Crippen LogP contribution is -2.18. The van der Waals surface area contributed by atoms with Crippen molar-refractivity contribution >= 4 is 62.8 Å². The van der Waals surface area contributed by atoms with Crippen LogP contribution in [0.25, 0.3) is 11.3 Å². The summed E-state index contributed by atoms with van der Waals surface area (Å²) in [5, 5.41) is 11.9. The highest BCUT2D eigenvalue weighted by atomic mass is 32.2. The Balaban J connectivity index is 1.24. The summed E-state index contributed by atoms with van der Waals surface area (Å²) < 4.78 is 13.1. The molecule has 9 heteroatoms. The summed E-state index contributed by atoms with van der Waals surface area (Å²) in [4.78, 5) is 17.7. The second kappa shape index (κ2) is 11.0. The van der Waals surface area contributed by atoms with E-state index in [-0.39, 0.29) is 17.5 Å². The van der Waals surface area contributed by atoms with E-state index < -0.39 is 0 Å². The van der Waals surface area contributed by atoms with Gasteiger partial charge in [0.05, 0.1) is 11.4 Å². The van der Waals surface area contributed by atoms with Crippen molar-refractivity contribution in [1.29, 1.82) is 0 Å². The monoisotopic (exact) mass is 494 g/mol. The van der Waals surface area contributed by atoms with Gasteiger partial charge in [-0.25, -0.2) is 9.37 Å². The number of hydrogen-bond donors (Lipinski definition) is 3. The van der Waals surface area contributed by atoms with Gasteiger partial charge in [0.15, 0.2) is 10.2 Å². The molecule has 0 unspecified atom stereocenters. The molecule has 0 aliphatic rings. The van der Waals surface area contributed by atoms with Crippen LogP contribution in [0.3, 0.4) is 0 Å². The van der Waals surface area contributed by atoms with Crippen molar-refractivity contribution in [3.63, 3.8) is 0 Å². The summed E-state index contributed by atoms with van der Waals surface area (Å²) in [7, 11) is 0. The lowest BCUT2D eigenvalue weighted by Gasteiger charge is -2.11. The molecule has 3 aromatic carbocycles. The first-order valence-corrected chi connectivity index (χ1v) is 12.2. The number of halogens is 1. The Morgan fingerprint density at radius 1 is 0.909 bits per heavy atom. The summed E-state index contributed by atoms with van der Waals surface area (Å²) in [5.74, 6) is -0.183. The Bertz CT molecular complexity index is 1230. The molecular formula is C24H19FN4OS3. The van der Waals surface area contributed by atoms with Gasteiger partial charge in [0, 0.05) is 27.2 Å². The second-order valence-electron chi connectivity index (χ2n) is 6.85. The van der Waals surface area contributed by atoms with Crippen molar-refractivity contribution in [2.45, 2.75) is 4.90 Å². The van der Waals surface area contributed by atoms with E-state index in [9.17, 15) is 9.18 Å². The average molecular weight is 495 g/mol. The van der Waals surface area contributed by atoms with Gasteiger partial charge in [0.25, 0.3) is 0 Å². The van der Waals surface area contributed by atoms with Gasteiger partial charge in [0.2, 0.25) is 5.91 Å². The first-order chi connectivity index (χ1) is 16.0. The third kappa shape index (κ3) is 6.85. The predicted octanol–water partition coefficient (Wildman–Crippen LogP) is 6.49. The number of thiocarbonyl (C=S) groups is 1. The van der Waals surface area contributed by atoms with E-state index in [2.05, 4.69) is 20.9 Å². The van der Waals surface area contributed by atoms with Crippen molar-refractivity contribution in [1.82, 2.24) is 4.98 Å². The van der Waals surface area contributed by atoms with Gasteiger partial charge in [-0.1, -0.05) is 18.2 Å². The minimum absolute atomic E-state index is 0.143. The van der Waals surface area contributed by atoms with Crippen molar-refractivity contribution in [3.05, 3.63) is 90.1 Å². The zero-order valence-electron chi connectivity index (χ0n) is 17.2. The Morgan fingerprint density at radius 2 is 1.58 bits per heavy atom. The predicted molar refractivity (Wildman–Crippen MR) is 140 cm³/mol. The molecule has 1 heterocycles. The highest BCUT2D eigenvalue weighted by Gasteiger charge is 2.09. The molecule has 1 amide bonds. The van der Waals surface area contributed by atoms with Gasteiger partial charge in [-0.05, 0) is 72.9 Å². The van der Waals surface area contributed by atoms with Gasteiger partial charge in [-0.3, -0.25) is 4.79 Å². The molecule has 0 aliphatic heterocycles. The van der Waals surface area contributed by atoms with Crippen LogP contribution in [0.4, 0.5) is 20.9 Å². The van der Waals surface area contributed by atoms with E-state index in [0.29, 0.717) is 15.9 Å². The molecular weight excluding hydrogens is 475 g/mol. The number of carbonyl (C=O) groups excluding carboxylic acids is 1. The minimum Gasteiger partial charge on any atom is -0.332 e. The number of hydrogen-bond acceptors (Lipinski definition) is 5. The maximum atomic E-state index is 13.1. The number of amides is 1. The molecule has 0 bridgehead atoms. The first-order valence-electron chi connectivity index (χ1n) is 9.92.